The van der Waals surface area contributed by atoms with Crippen molar-refractivity contribution in [1.29, 1.82) is 0 Å². The van der Waals surface area contributed by atoms with Crippen LogP contribution >= 0.6 is 0 Å². The lowest BCUT2D eigenvalue weighted by molar-refractivity contribution is -0.120. The molecule has 0 bridgehead atoms. The van der Waals surface area contributed by atoms with Crippen molar-refractivity contribution in [3.63, 3.8) is 0 Å². The van der Waals surface area contributed by atoms with Crippen LogP contribution in [0.25, 0.3) is 0 Å². The minimum Gasteiger partial charge on any atom is -0.359 e. The maximum atomic E-state index is 11.6. The highest BCUT2D eigenvalue weighted by Crippen LogP contribution is 2.29. The highest BCUT2D eigenvalue weighted by Gasteiger charge is 2.28. The average Bonchev–Trinajstić information content (AvgIpc) is 2.28. The van der Waals surface area contributed by atoms with Crippen LogP contribution < -0.4 is 5.32 Å². The second kappa shape index (κ2) is 6.01. The second-order valence-corrected chi connectivity index (χ2v) is 11.2. The summed E-state index contributed by atoms with van der Waals surface area (Å²) in [6.07, 6.45) is 1.67. The van der Waals surface area contributed by atoms with Crippen LogP contribution in [-0.2, 0) is 11.2 Å². The van der Waals surface area contributed by atoms with Gasteiger partial charge in [-0.25, -0.2) is 0 Å². The highest BCUT2D eigenvalue weighted by atomic mass is 28.3. The summed E-state index contributed by atoms with van der Waals surface area (Å²) in [7, 11) is 0.405. The number of hydrogen-bond acceptors (Lipinski definition) is 1. The van der Waals surface area contributed by atoms with Gasteiger partial charge in [0.05, 0.1) is 0 Å². The Balaban J connectivity index is 2.75. The summed E-state index contributed by atoms with van der Waals surface area (Å²) >= 11 is 0. The van der Waals surface area contributed by atoms with Gasteiger partial charge in [-0.2, -0.15) is 0 Å². The monoisotopic (exact) mass is 249 g/mol. The molecule has 94 valence electrons. The summed E-state index contributed by atoms with van der Waals surface area (Å²) < 4.78 is 0. The van der Waals surface area contributed by atoms with E-state index in [-0.39, 0.29) is 5.91 Å². The van der Waals surface area contributed by atoms with Crippen molar-refractivity contribution in [3.8, 4) is 0 Å². The average molecular weight is 249 g/mol. The number of hydrogen-bond donors (Lipinski definition) is 1. The maximum absolute atomic E-state index is 11.6. The molecule has 0 radical (unpaired) electrons. The molecule has 0 aromatic heterocycles. The first-order valence-electron chi connectivity index (χ1n) is 6.18. The Labute approximate surface area is 105 Å². The zero-order valence-electron chi connectivity index (χ0n) is 11.3. The van der Waals surface area contributed by atoms with E-state index in [4.69, 9.17) is 0 Å². The Bertz CT molecular complexity index is 356. The molecule has 0 fully saturated rings. The topological polar surface area (TPSA) is 29.1 Å². The van der Waals surface area contributed by atoms with Crippen molar-refractivity contribution in [1.82, 2.24) is 5.32 Å². The molecule has 0 saturated carbocycles. The summed E-state index contributed by atoms with van der Waals surface area (Å²) in [4.78, 5) is 11.6. The van der Waals surface area contributed by atoms with Crippen LogP contribution in [0.3, 0.4) is 0 Å². The van der Waals surface area contributed by atoms with Crippen molar-refractivity contribution >= 4 is 14.0 Å². The van der Waals surface area contributed by atoms with Crippen molar-refractivity contribution < 1.29 is 4.79 Å². The van der Waals surface area contributed by atoms with E-state index >= 15 is 0 Å². The molecule has 0 aliphatic carbocycles. The summed E-state index contributed by atoms with van der Waals surface area (Å²) in [6, 6.07) is 10.5. The fraction of sp³-hybridized carbons (Fsp3) is 0.500. The first-order chi connectivity index (χ1) is 7.93. The Morgan fingerprint density at radius 2 is 1.82 bits per heavy atom. The molecule has 1 rings (SSSR count). The van der Waals surface area contributed by atoms with E-state index in [1.165, 1.54) is 5.56 Å². The SMILES string of the molecule is CNC(=O)CC(Cc1ccccc1)[Si](C)(C)C. The van der Waals surface area contributed by atoms with Crippen LogP contribution in [0.15, 0.2) is 30.3 Å². The van der Waals surface area contributed by atoms with Crippen LogP contribution in [0, 0.1) is 0 Å². The molecule has 3 heteroatoms. The third-order valence-corrected chi connectivity index (χ3v) is 6.12. The van der Waals surface area contributed by atoms with Gasteiger partial charge in [-0.15, -0.1) is 0 Å². The number of nitrogens with one attached hydrogen (secondary N) is 1. The number of carbonyl (C=O) groups excluding carboxylic acids is 1. The van der Waals surface area contributed by atoms with Crippen LogP contribution in [0.4, 0.5) is 0 Å². The molecule has 17 heavy (non-hydrogen) atoms. The zero-order chi connectivity index (χ0) is 12.9. The molecule has 2 nitrogen and oxygen atoms in total. The number of rotatable bonds is 5. The Kier molecular flexibility index (Phi) is 4.94. The van der Waals surface area contributed by atoms with E-state index in [0.717, 1.165) is 6.42 Å². The van der Waals surface area contributed by atoms with Crippen molar-refractivity contribution in [2.75, 3.05) is 7.05 Å². The molecule has 0 heterocycles. The fourth-order valence-electron chi connectivity index (χ4n) is 1.91. The molecule has 1 unspecified atom stereocenters. The van der Waals surface area contributed by atoms with Crippen LogP contribution in [0.1, 0.15) is 12.0 Å². The van der Waals surface area contributed by atoms with Gasteiger partial charge in [0.15, 0.2) is 0 Å². The standard InChI is InChI=1S/C14H23NOSi/c1-15-14(16)11-13(17(2,3)4)10-12-8-6-5-7-9-12/h5-9,13H,10-11H2,1-4H3,(H,15,16). The molecule has 0 saturated heterocycles. The molecule has 1 aromatic carbocycles. The van der Waals surface area contributed by atoms with Gasteiger partial charge in [0.1, 0.15) is 0 Å². The van der Waals surface area contributed by atoms with Gasteiger partial charge >= 0.3 is 0 Å². The summed E-state index contributed by atoms with van der Waals surface area (Å²) in [5.41, 5.74) is 1.84. The molecule has 1 aromatic rings. The number of carbonyl (C=O) groups is 1. The second-order valence-electron chi connectivity index (χ2n) is 5.63. The van der Waals surface area contributed by atoms with E-state index in [0.29, 0.717) is 12.0 Å². The van der Waals surface area contributed by atoms with E-state index in [1.807, 2.05) is 6.07 Å². The molecule has 1 atom stereocenters. The molecular weight excluding hydrogens is 226 g/mol. The van der Waals surface area contributed by atoms with E-state index < -0.39 is 8.07 Å². The molecule has 0 aliphatic rings. The fourth-order valence-corrected chi connectivity index (χ4v) is 3.55. The highest BCUT2D eigenvalue weighted by molar-refractivity contribution is 6.77. The van der Waals surface area contributed by atoms with E-state index in [9.17, 15) is 4.79 Å². The molecular formula is C14H23NOSi. The summed E-state index contributed by atoms with van der Waals surface area (Å²) in [5.74, 6) is 0.161. The van der Waals surface area contributed by atoms with Gasteiger partial charge in [-0.3, -0.25) is 4.79 Å². The predicted molar refractivity (Wildman–Crippen MR) is 75.9 cm³/mol. The van der Waals surface area contributed by atoms with Gasteiger partial charge in [0, 0.05) is 21.5 Å². The summed E-state index contributed by atoms with van der Waals surface area (Å²) in [5, 5.41) is 2.74. The lowest BCUT2D eigenvalue weighted by atomic mass is 10.1. The third-order valence-electron chi connectivity index (χ3n) is 3.26. The van der Waals surface area contributed by atoms with Gasteiger partial charge in [0.25, 0.3) is 0 Å². The minimum atomic E-state index is -1.31. The lowest BCUT2D eigenvalue weighted by Crippen LogP contribution is -2.33. The quantitative estimate of drug-likeness (QED) is 0.798. The third kappa shape index (κ3) is 4.73. The van der Waals surface area contributed by atoms with Gasteiger partial charge in [0.2, 0.25) is 5.91 Å². The predicted octanol–water partition coefficient (Wildman–Crippen LogP) is 3.07. The van der Waals surface area contributed by atoms with Crippen LogP contribution in [0.2, 0.25) is 25.2 Å². The largest absolute Gasteiger partial charge is 0.359 e. The molecule has 0 aliphatic heterocycles. The molecule has 1 N–H and O–H groups in total. The Morgan fingerprint density at radius 3 is 2.29 bits per heavy atom. The smallest absolute Gasteiger partial charge is 0.219 e. The van der Waals surface area contributed by atoms with Crippen molar-refractivity contribution in [3.05, 3.63) is 35.9 Å². The summed E-state index contributed by atoms with van der Waals surface area (Å²) in [6.45, 7) is 7.01. The Morgan fingerprint density at radius 1 is 1.24 bits per heavy atom. The first-order valence-corrected chi connectivity index (χ1v) is 9.75. The minimum absolute atomic E-state index is 0.161. The lowest BCUT2D eigenvalue weighted by Gasteiger charge is -2.28. The molecule has 0 spiro atoms. The van der Waals surface area contributed by atoms with Crippen LogP contribution in [-0.4, -0.2) is 21.0 Å². The van der Waals surface area contributed by atoms with Crippen molar-refractivity contribution in [2.45, 2.75) is 38.0 Å². The van der Waals surface area contributed by atoms with Crippen molar-refractivity contribution in [2.24, 2.45) is 0 Å². The van der Waals surface area contributed by atoms with E-state index in [1.54, 1.807) is 7.05 Å². The normalized spacial score (nSPS) is 13.2. The first kappa shape index (κ1) is 14.0. The Hall–Kier alpha value is -1.09. The van der Waals surface area contributed by atoms with Crippen LogP contribution in [0.5, 0.6) is 0 Å². The van der Waals surface area contributed by atoms with E-state index in [2.05, 4.69) is 49.2 Å². The van der Waals surface area contributed by atoms with Gasteiger partial charge in [-0.05, 0) is 17.5 Å². The number of amides is 1. The number of benzene rings is 1. The van der Waals surface area contributed by atoms with Gasteiger partial charge in [-0.1, -0.05) is 50.0 Å². The molecule has 1 amide bonds. The van der Waals surface area contributed by atoms with Gasteiger partial charge < -0.3 is 5.32 Å². The maximum Gasteiger partial charge on any atom is 0.219 e. The zero-order valence-corrected chi connectivity index (χ0v) is 12.3.